The molecule has 1 fully saturated rings. The van der Waals surface area contributed by atoms with Crippen LogP contribution >= 0.6 is 0 Å². The molecule has 0 bridgehead atoms. The first-order valence-electron chi connectivity index (χ1n) is 8.30. The molecule has 3 rings (SSSR count). The molecule has 0 spiro atoms. The van der Waals surface area contributed by atoms with Gasteiger partial charge in [-0.3, -0.25) is 4.79 Å². The van der Waals surface area contributed by atoms with Crippen LogP contribution in [0.5, 0.6) is 0 Å². The molecule has 0 saturated carbocycles. The molecule has 2 heterocycles. The van der Waals surface area contributed by atoms with Crippen molar-refractivity contribution in [1.82, 2.24) is 14.9 Å². The first kappa shape index (κ1) is 16.7. The SMILES string of the molecule is Cc1ccc(-n2ccnc2)c(C(=O)NCCOC[C@@H]2CCCO2)c1. The molecule has 1 aromatic heterocycles. The van der Waals surface area contributed by atoms with E-state index >= 15 is 0 Å². The summed E-state index contributed by atoms with van der Waals surface area (Å²) in [6.45, 7) is 4.36. The summed E-state index contributed by atoms with van der Waals surface area (Å²) in [5.74, 6) is -0.108. The highest BCUT2D eigenvalue weighted by molar-refractivity contribution is 5.98. The standard InChI is InChI=1S/C18H23N3O3/c1-14-4-5-17(21-8-6-19-13-21)16(11-14)18(22)20-7-10-23-12-15-3-2-9-24-15/h4-6,8,11,13,15H,2-3,7,9-10,12H2,1H3,(H,20,22)/t15-/m0/s1. The Morgan fingerprint density at radius 2 is 2.42 bits per heavy atom. The molecule has 6 nitrogen and oxygen atoms in total. The third-order valence-electron chi connectivity index (χ3n) is 4.04. The number of nitrogens with zero attached hydrogens (tertiary/aromatic N) is 2. The van der Waals surface area contributed by atoms with Gasteiger partial charge in [-0.2, -0.15) is 0 Å². The van der Waals surface area contributed by atoms with E-state index in [2.05, 4.69) is 10.3 Å². The molecule has 1 amide bonds. The lowest BCUT2D eigenvalue weighted by molar-refractivity contribution is 0.0183. The molecule has 24 heavy (non-hydrogen) atoms. The minimum atomic E-state index is -0.108. The minimum Gasteiger partial charge on any atom is -0.377 e. The number of hydrogen-bond acceptors (Lipinski definition) is 4. The Labute approximate surface area is 141 Å². The Hall–Kier alpha value is -2.18. The van der Waals surface area contributed by atoms with E-state index in [0.717, 1.165) is 30.7 Å². The van der Waals surface area contributed by atoms with Crippen LogP contribution < -0.4 is 5.32 Å². The van der Waals surface area contributed by atoms with Crippen molar-refractivity contribution in [1.29, 1.82) is 0 Å². The summed E-state index contributed by atoms with van der Waals surface area (Å²) >= 11 is 0. The van der Waals surface area contributed by atoms with E-state index in [0.29, 0.717) is 25.3 Å². The molecule has 1 aromatic carbocycles. The molecule has 1 saturated heterocycles. The maximum Gasteiger partial charge on any atom is 0.253 e. The van der Waals surface area contributed by atoms with Crippen molar-refractivity contribution in [2.75, 3.05) is 26.4 Å². The molecular weight excluding hydrogens is 306 g/mol. The van der Waals surface area contributed by atoms with Crippen LogP contribution in [0.25, 0.3) is 5.69 Å². The van der Waals surface area contributed by atoms with E-state index in [1.807, 2.05) is 35.9 Å². The van der Waals surface area contributed by atoms with Gasteiger partial charge < -0.3 is 19.4 Å². The molecule has 2 aromatic rings. The van der Waals surface area contributed by atoms with Crippen LogP contribution in [0.4, 0.5) is 0 Å². The summed E-state index contributed by atoms with van der Waals surface area (Å²) in [7, 11) is 0. The lowest BCUT2D eigenvalue weighted by Crippen LogP contribution is -2.29. The van der Waals surface area contributed by atoms with Crippen molar-refractivity contribution >= 4 is 5.91 Å². The van der Waals surface area contributed by atoms with Gasteiger partial charge in [0.25, 0.3) is 5.91 Å². The molecule has 0 radical (unpaired) electrons. The Morgan fingerprint density at radius 3 is 3.17 bits per heavy atom. The first-order valence-corrected chi connectivity index (χ1v) is 8.30. The zero-order valence-corrected chi connectivity index (χ0v) is 13.9. The molecule has 6 heteroatoms. The van der Waals surface area contributed by atoms with Gasteiger partial charge in [0, 0.05) is 25.5 Å². The number of hydrogen-bond donors (Lipinski definition) is 1. The van der Waals surface area contributed by atoms with Crippen LogP contribution in [0.15, 0.2) is 36.9 Å². The zero-order valence-electron chi connectivity index (χ0n) is 13.9. The van der Waals surface area contributed by atoms with Gasteiger partial charge in [0.1, 0.15) is 0 Å². The normalized spacial score (nSPS) is 17.1. The highest BCUT2D eigenvalue weighted by atomic mass is 16.5. The van der Waals surface area contributed by atoms with E-state index < -0.39 is 0 Å². The smallest absolute Gasteiger partial charge is 0.253 e. The average Bonchev–Trinajstić information content (AvgIpc) is 3.28. The number of aryl methyl sites for hydroxylation is 1. The van der Waals surface area contributed by atoms with Gasteiger partial charge in [0.2, 0.25) is 0 Å². The fraction of sp³-hybridized carbons (Fsp3) is 0.444. The second-order valence-corrected chi connectivity index (χ2v) is 5.96. The summed E-state index contributed by atoms with van der Waals surface area (Å²) in [5.41, 5.74) is 2.49. The monoisotopic (exact) mass is 329 g/mol. The van der Waals surface area contributed by atoms with Crippen LogP contribution in [0.1, 0.15) is 28.8 Å². The molecule has 1 N–H and O–H groups in total. The van der Waals surface area contributed by atoms with Gasteiger partial charge >= 0.3 is 0 Å². The largest absolute Gasteiger partial charge is 0.377 e. The minimum absolute atomic E-state index is 0.108. The van der Waals surface area contributed by atoms with Crippen LogP contribution in [0.3, 0.4) is 0 Å². The Bertz CT molecular complexity index is 664. The number of nitrogens with one attached hydrogen (secondary N) is 1. The van der Waals surface area contributed by atoms with Crippen LogP contribution in [0.2, 0.25) is 0 Å². The third kappa shape index (κ3) is 4.21. The predicted molar refractivity (Wildman–Crippen MR) is 90.4 cm³/mol. The first-order chi connectivity index (χ1) is 11.7. The average molecular weight is 329 g/mol. The quantitative estimate of drug-likeness (QED) is 0.790. The lowest BCUT2D eigenvalue weighted by Gasteiger charge is -2.13. The van der Waals surface area contributed by atoms with Gasteiger partial charge in [0.05, 0.1) is 36.9 Å². The van der Waals surface area contributed by atoms with Crippen LogP contribution in [-0.2, 0) is 9.47 Å². The van der Waals surface area contributed by atoms with Crippen molar-refractivity contribution < 1.29 is 14.3 Å². The second kappa shape index (κ2) is 8.08. The number of benzene rings is 1. The Balaban J connectivity index is 1.53. The molecule has 1 aliphatic rings. The number of carbonyl (C=O) groups excluding carboxylic acids is 1. The molecule has 0 aliphatic carbocycles. The number of ether oxygens (including phenoxy) is 2. The molecule has 128 valence electrons. The van der Waals surface area contributed by atoms with Gasteiger partial charge in [-0.15, -0.1) is 0 Å². The number of imidazole rings is 1. The summed E-state index contributed by atoms with van der Waals surface area (Å²) in [6.07, 6.45) is 7.59. The van der Waals surface area contributed by atoms with Crippen molar-refractivity contribution in [2.45, 2.75) is 25.9 Å². The predicted octanol–water partition coefficient (Wildman–Crippen LogP) is 2.11. The van der Waals surface area contributed by atoms with E-state index in [1.165, 1.54) is 0 Å². The van der Waals surface area contributed by atoms with Gasteiger partial charge in [-0.05, 0) is 31.9 Å². The second-order valence-electron chi connectivity index (χ2n) is 5.96. The van der Waals surface area contributed by atoms with E-state index in [9.17, 15) is 4.79 Å². The molecule has 1 atom stereocenters. The van der Waals surface area contributed by atoms with Gasteiger partial charge in [-0.25, -0.2) is 4.98 Å². The number of carbonyl (C=O) groups is 1. The number of rotatable bonds is 7. The third-order valence-corrected chi connectivity index (χ3v) is 4.04. The highest BCUT2D eigenvalue weighted by Gasteiger charge is 2.16. The fourth-order valence-corrected chi connectivity index (χ4v) is 2.78. The molecule has 1 aliphatic heterocycles. The molecule has 0 unspecified atom stereocenters. The summed E-state index contributed by atoms with van der Waals surface area (Å²) in [5, 5.41) is 2.92. The number of aromatic nitrogens is 2. The van der Waals surface area contributed by atoms with Crippen molar-refractivity contribution in [2.24, 2.45) is 0 Å². The number of amides is 1. The fourth-order valence-electron chi connectivity index (χ4n) is 2.78. The summed E-state index contributed by atoms with van der Waals surface area (Å²) in [4.78, 5) is 16.6. The van der Waals surface area contributed by atoms with Crippen molar-refractivity contribution in [3.8, 4) is 5.69 Å². The van der Waals surface area contributed by atoms with Crippen molar-refractivity contribution in [3.05, 3.63) is 48.0 Å². The van der Waals surface area contributed by atoms with E-state index in [1.54, 1.807) is 12.5 Å². The van der Waals surface area contributed by atoms with Crippen LogP contribution in [-0.4, -0.2) is 47.9 Å². The Morgan fingerprint density at radius 1 is 1.50 bits per heavy atom. The maximum atomic E-state index is 12.5. The summed E-state index contributed by atoms with van der Waals surface area (Å²) in [6, 6.07) is 5.80. The van der Waals surface area contributed by atoms with E-state index in [4.69, 9.17) is 9.47 Å². The molecular formula is C18H23N3O3. The zero-order chi connectivity index (χ0) is 16.8. The van der Waals surface area contributed by atoms with Gasteiger partial charge in [0.15, 0.2) is 0 Å². The lowest BCUT2D eigenvalue weighted by atomic mass is 10.1. The Kier molecular flexibility index (Phi) is 5.61. The highest BCUT2D eigenvalue weighted by Crippen LogP contribution is 2.16. The topological polar surface area (TPSA) is 65.4 Å². The van der Waals surface area contributed by atoms with Crippen molar-refractivity contribution in [3.63, 3.8) is 0 Å². The maximum absolute atomic E-state index is 12.5. The van der Waals surface area contributed by atoms with Crippen LogP contribution in [0, 0.1) is 6.92 Å². The van der Waals surface area contributed by atoms with E-state index in [-0.39, 0.29) is 12.0 Å². The van der Waals surface area contributed by atoms with Gasteiger partial charge in [-0.1, -0.05) is 11.6 Å². The summed E-state index contributed by atoms with van der Waals surface area (Å²) < 4.78 is 12.9.